The van der Waals surface area contributed by atoms with Gasteiger partial charge in [-0.2, -0.15) is 0 Å². The van der Waals surface area contributed by atoms with E-state index in [9.17, 15) is 9.59 Å². The summed E-state index contributed by atoms with van der Waals surface area (Å²) in [6.07, 6.45) is 3.73. The number of benzene rings is 1. The number of thioether (sulfide) groups is 1. The van der Waals surface area contributed by atoms with Crippen molar-refractivity contribution in [3.63, 3.8) is 0 Å². The maximum Gasteiger partial charge on any atom is 0.236 e. The molecule has 0 bridgehead atoms. The standard InChI is InChI=1S/C23H36N4O2S/c1-18-14-19(2)16-27(15-18)23(29)17-26-12-10-25(11-13-26)9-8-22(28)24-20-6-4-5-7-21(20)30-3/h4-7,18-19H,8-17H2,1-3H3,(H,24,28). The molecular weight excluding hydrogens is 396 g/mol. The quantitative estimate of drug-likeness (QED) is 0.672. The lowest BCUT2D eigenvalue weighted by molar-refractivity contribution is -0.135. The summed E-state index contributed by atoms with van der Waals surface area (Å²) in [4.78, 5) is 32.8. The molecule has 6 nitrogen and oxygen atoms in total. The van der Waals surface area contributed by atoms with Crippen LogP contribution < -0.4 is 5.32 Å². The number of rotatable bonds is 7. The second-order valence-electron chi connectivity index (χ2n) is 8.86. The van der Waals surface area contributed by atoms with Crippen molar-refractivity contribution in [2.75, 3.05) is 63.9 Å². The molecule has 0 aromatic heterocycles. The molecule has 7 heteroatoms. The molecule has 2 fully saturated rings. The number of likely N-dealkylation sites (tertiary alicyclic amines) is 1. The molecule has 30 heavy (non-hydrogen) atoms. The van der Waals surface area contributed by atoms with Crippen LogP contribution in [0.2, 0.25) is 0 Å². The maximum absolute atomic E-state index is 12.7. The number of para-hydroxylation sites is 1. The second-order valence-corrected chi connectivity index (χ2v) is 9.71. The van der Waals surface area contributed by atoms with Crippen LogP contribution in [-0.4, -0.2) is 85.1 Å². The van der Waals surface area contributed by atoms with Crippen LogP contribution in [-0.2, 0) is 9.59 Å². The van der Waals surface area contributed by atoms with Gasteiger partial charge in [-0.3, -0.25) is 14.5 Å². The van der Waals surface area contributed by atoms with Crippen molar-refractivity contribution < 1.29 is 9.59 Å². The Morgan fingerprint density at radius 3 is 2.33 bits per heavy atom. The number of anilines is 1. The van der Waals surface area contributed by atoms with E-state index < -0.39 is 0 Å². The molecule has 2 unspecified atom stereocenters. The Kier molecular flexibility index (Phi) is 8.60. The molecule has 0 radical (unpaired) electrons. The van der Waals surface area contributed by atoms with Gasteiger partial charge >= 0.3 is 0 Å². The van der Waals surface area contributed by atoms with Crippen molar-refractivity contribution in [2.45, 2.75) is 31.6 Å². The first-order valence-electron chi connectivity index (χ1n) is 11.1. The summed E-state index contributed by atoms with van der Waals surface area (Å²) in [5.41, 5.74) is 0.889. The van der Waals surface area contributed by atoms with Crippen LogP contribution in [0, 0.1) is 11.8 Å². The van der Waals surface area contributed by atoms with Gasteiger partial charge < -0.3 is 15.1 Å². The zero-order valence-corrected chi connectivity index (χ0v) is 19.4. The summed E-state index contributed by atoms with van der Waals surface area (Å²) >= 11 is 1.64. The van der Waals surface area contributed by atoms with Crippen molar-refractivity contribution in [1.29, 1.82) is 0 Å². The predicted molar refractivity (Wildman–Crippen MR) is 124 cm³/mol. The maximum atomic E-state index is 12.7. The summed E-state index contributed by atoms with van der Waals surface area (Å²) in [7, 11) is 0. The van der Waals surface area contributed by atoms with Crippen LogP contribution >= 0.6 is 11.8 Å². The monoisotopic (exact) mass is 432 g/mol. The van der Waals surface area contributed by atoms with Crippen molar-refractivity contribution in [3.05, 3.63) is 24.3 Å². The molecule has 1 aromatic rings. The number of carbonyl (C=O) groups excluding carboxylic acids is 2. The lowest BCUT2D eigenvalue weighted by atomic mass is 9.92. The molecule has 2 aliphatic heterocycles. The molecule has 1 N–H and O–H groups in total. The van der Waals surface area contributed by atoms with Gasteiger partial charge in [-0.15, -0.1) is 11.8 Å². The van der Waals surface area contributed by atoms with Gasteiger partial charge in [0.2, 0.25) is 11.8 Å². The van der Waals surface area contributed by atoms with Crippen molar-refractivity contribution in [3.8, 4) is 0 Å². The fourth-order valence-corrected chi connectivity index (χ4v) is 5.10. The number of piperazine rings is 1. The van der Waals surface area contributed by atoms with Gasteiger partial charge in [0.25, 0.3) is 0 Å². The van der Waals surface area contributed by atoms with Crippen molar-refractivity contribution in [2.24, 2.45) is 11.8 Å². The average Bonchev–Trinajstić information content (AvgIpc) is 2.73. The van der Waals surface area contributed by atoms with Crippen LogP contribution in [0.15, 0.2) is 29.2 Å². The van der Waals surface area contributed by atoms with E-state index in [4.69, 9.17) is 0 Å². The Hall–Kier alpha value is -1.57. The molecule has 3 rings (SSSR count). The molecule has 0 saturated carbocycles. The van der Waals surface area contributed by atoms with Crippen LogP contribution in [0.4, 0.5) is 5.69 Å². The number of hydrogen-bond acceptors (Lipinski definition) is 5. The Morgan fingerprint density at radius 2 is 1.67 bits per heavy atom. The molecule has 2 saturated heterocycles. The Bertz CT molecular complexity index is 711. The minimum atomic E-state index is 0.0578. The highest BCUT2D eigenvalue weighted by Crippen LogP contribution is 2.24. The highest BCUT2D eigenvalue weighted by atomic mass is 32.2. The molecule has 2 aliphatic rings. The molecule has 2 heterocycles. The lowest BCUT2D eigenvalue weighted by Crippen LogP contribution is -2.52. The number of hydrogen-bond donors (Lipinski definition) is 1. The summed E-state index contributed by atoms with van der Waals surface area (Å²) in [5.74, 6) is 1.53. The molecule has 166 valence electrons. The van der Waals surface area contributed by atoms with E-state index in [-0.39, 0.29) is 11.8 Å². The number of amides is 2. The van der Waals surface area contributed by atoms with Crippen LogP contribution in [0.1, 0.15) is 26.7 Å². The Labute approximate surface area is 185 Å². The highest BCUT2D eigenvalue weighted by molar-refractivity contribution is 7.98. The van der Waals surface area contributed by atoms with Gasteiger partial charge in [-0.05, 0) is 36.6 Å². The Balaban J connectivity index is 1.36. The number of nitrogens with one attached hydrogen (secondary N) is 1. The smallest absolute Gasteiger partial charge is 0.236 e. The zero-order valence-electron chi connectivity index (χ0n) is 18.6. The van der Waals surface area contributed by atoms with Gasteiger partial charge in [0.05, 0.1) is 12.2 Å². The topological polar surface area (TPSA) is 55.9 Å². The third-order valence-corrected chi connectivity index (χ3v) is 6.88. The van der Waals surface area contributed by atoms with E-state index in [0.29, 0.717) is 24.8 Å². The normalized spacial score (nSPS) is 23.4. The summed E-state index contributed by atoms with van der Waals surface area (Å²) in [6, 6.07) is 7.90. The zero-order chi connectivity index (χ0) is 21.5. The third kappa shape index (κ3) is 6.72. The van der Waals surface area contributed by atoms with Gasteiger partial charge in [0, 0.05) is 57.1 Å². The third-order valence-electron chi connectivity index (χ3n) is 6.08. The fraction of sp³-hybridized carbons (Fsp3) is 0.652. The van der Waals surface area contributed by atoms with E-state index in [1.807, 2.05) is 30.5 Å². The molecular formula is C23H36N4O2S. The first-order valence-corrected chi connectivity index (χ1v) is 12.3. The van der Waals surface area contributed by atoms with Gasteiger partial charge in [0.1, 0.15) is 0 Å². The summed E-state index contributed by atoms with van der Waals surface area (Å²) in [6.45, 7) is 11.2. The summed E-state index contributed by atoms with van der Waals surface area (Å²) < 4.78 is 0. The number of piperidine rings is 1. The molecule has 1 aromatic carbocycles. The lowest BCUT2D eigenvalue weighted by Gasteiger charge is -2.38. The van der Waals surface area contributed by atoms with Crippen LogP contribution in [0.25, 0.3) is 0 Å². The number of nitrogens with zero attached hydrogens (tertiary/aromatic N) is 3. The largest absolute Gasteiger partial charge is 0.341 e. The minimum absolute atomic E-state index is 0.0578. The number of carbonyl (C=O) groups is 2. The van der Waals surface area contributed by atoms with E-state index in [0.717, 1.165) is 56.4 Å². The summed E-state index contributed by atoms with van der Waals surface area (Å²) in [5, 5.41) is 3.03. The molecule has 0 spiro atoms. The highest BCUT2D eigenvalue weighted by Gasteiger charge is 2.27. The van der Waals surface area contributed by atoms with Gasteiger partial charge in [-0.25, -0.2) is 0 Å². The van der Waals surface area contributed by atoms with Crippen molar-refractivity contribution in [1.82, 2.24) is 14.7 Å². The average molecular weight is 433 g/mol. The molecule has 2 atom stereocenters. The van der Waals surface area contributed by atoms with E-state index in [2.05, 4.69) is 33.9 Å². The van der Waals surface area contributed by atoms with Crippen LogP contribution in [0.5, 0.6) is 0 Å². The van der Waals surface area contributed by atoms with Crippen molar-refractivity contribution >= 4 is 29.3 Å². The Morgan fingerprint density at radius 1 is 1.03 bits per heavy atom. The van der Waals surface area contributed by atoms with E-state index in [1.165, 1.54) is 6.42 Å². The van der Waals surface area contributed by atoms with E-state index >= 15 is 0 Å². The molecule has 0 aliphatic carbocycles. The van der Waals surface area contributed by atoms with E-state index in [1.54, 1.807) is 11.8 Å². The second kappa shape index (κ2) is 11.2. The SMILES string of the molecule is CSc1ccccc1NC(=O)CCN1CCN(CC(=O)N2CC(C)CC(C)C2)CC1. The first-order chi connectivity index (χ1) is 14.4. The van der Waals surface area contributed by atoms with Gasteiger partial charge in [-0.1, -0.05) is 26.0 Å². The predicted octanol–water partition coefficient (Wildman–Crippen LogP) is 2.86. The van der Waals surface area contributed by atoms with Crippen LogP contribution in [0.3, 0.4) is 0 Å². The van der Waals surface area contributed by atoms with Gasteiger partial charge in [0.15, 0.2) is 0 Å². The molecule has 2 amide bonds. The minimum Gasteiger partial charge on any atom is -0.341 e. The fourth-order valence-electron chi connectivity index (χ4n) is 4.55. The first kappa shape index (κ1) is 23.1.